The summed E-state index contributed by atoms with van der Waals surface area (Å²) in [6.45, 7) is 7.48. The van der Waals surface area contributed by atoms with E-state index in [1.807, 2.05) is 20.8 Å². The van der Waals surface area contributed by atoms with Gasteiger partial charge in [0.2, 0.25) is 0 Å². The first-order chi connectivity index (χ1) is 11.1. The van der Waals surface area contributed by atoms with E-state index in [1.54, 1.807) is 13.0 Å². The fraction of sp³-hybridized carbons (Fsp3) is 0.625. The number of nitrogens with one attached hydrogen (secondary N) is 1. The molecule has 0 saturated heterocycles. The Morgan fingerprint density at radius 2 is 1.68 bits per heavy atom. The average Bonchev–Trinajstić information content (AvgIpc) is 2.42. The van der Waals surface area contributed by atoms with Crippen LogP contribution in [0.3, 0.4) is 0 Å². The van der Waals surface area contributed by atoms with Gasteiger partial charge < -0.3 is 0 Å². The highest BCUT2D eigenvalue weighted by Crippen LogP contribution is 2.35. The van der Waals surface area contributed by atoms with Gasteiger partial charge in [-0.1, -0.05) is 24.1 Å². The van der Waals surface area contributed by atoms with Gasteiger partial charge in [0.1, 0.15) is 0 Å². The van der Waals surface area contributed by atoms with E-state index in [0.717, 1.165) is 18.4 Å². The molecule has 4 nitrogen and oxygen atoms in total. The minimum absolute atomic E-state index is 0.136. The van der Waals surface area contributed by atoms with Crippen molar-refractivity contribution in [1.82, 2.24) is 4.72 Å². The first kappa shape index (κ1) is 22.3. The zero-order valence-electron chi connectivity index (χ0n) is 14.9. The zero-order chi connectivity index (χ0) is 19.5. The van der Waals surface area contributed by atoms with Gasteiger partial charge in [0.05, 0.1) is 24.0 Å². The van der Waals surface area contributed by atoms with Crippen molar-refractivity contribution in [1.29, 1.82) is 0 Å². The molecule has 0 aliphatic rings. The third kappa shape index (κ3) is 7.98. The summed E-state index contributed by atoms with van der Waals surface area (Å²) in [5, 5.41) is 0. The highest BCUT2D eigenvalue weighted by molar-refractivity contribution is 7.98. The zero-order valence-corrected chi connectivity index (χ0v) is 16.5. The molecule has 0 radical (unpaired) electrons. The smallest absolute Gasteiger partial charge is 0.270 e. The Hall–Kier alpha value is -0.770. The fourth-order valence-corrected chi connectivity index (χ4v) is 3.09. The Morgan fingerprint density at radius 3 is 2.16 bits per heavy atom. The number of benzene rings is 1. The van der Waals surface area contributed by atoms with Crippen molar-refractivity contribution in [2.45, 2.75) is 50.6 Å². The van der Waals surface area contributed by atoms with Crippen LogP contribution < -0.4 is 4.72 Å². The molecule has 1 aromatic rings. The topological polar surface area (TPSA) is 55.4 Å². The maximum absolute atomic E-state index is 13.0. The molecule has 0 spiro atoms. The molecule has 0 aromatic heterocycles. The minimum atomic E-state index is -4.45. The van der Waals surface area contributed by atoms with Crippen LogP contribution in [0.1, 0.15) is 45.2 Å². The lowest BCUT2D eigenvalue weighted by Crippen LogP contribution is -2.39. The second-order valence-corrected chi connectivity index (χ2v) is 10.3. The summed E-state index contributed by atoms with van der Waals surface area (Å²) in [6, 6.07) is 5.02. The van der Waals surface area contributed by atoms with E-state index in [1.165, 1.54) is 18.0 Å². The van der Waals surface area contributed by atoms with Gasteiger partial charge in [-0.3, -0.25) is 8.91 Å². The number of hydrogen-bond acceptors (Lipinski definition) is 5. The quantitative estimate of drug-likeness (QED) is 0.547. The molecular formula is C16H24F3NO3S2. The predicted molar refractivity (Wildman–Crippen MR) is 94.7 cm³/mol. The number of hydrogen-bond donors (Lipinski definition) is 1. The molecule has 1 aromatic carbocycles. The second-order valence-electron chi connectivity index (χ2n) is 7.00. The van der Waals surface area contributed by atoms with Gasteiger partial charge in [-0.25, -0.2) is 0 Å². The SMILES string of the molecule is CC(C)(C)SNC(C)(CCOS(C)(=O)=O)c1cccc(C(F)(F)F)c1. The molecule has 0 aliphatic carbocycles. The van der Waals surface area contributed by atoms with Gasteiger partial charge in [-0.15, -0.1) is 0 Å². The third-order valence-corrected chi connectivity index (χ3v) is 5.07. The van der Waals surface area contributed by atoms with Crippen molar-refractivity contribution in [3.8, 4) is 0 Å². The van der Waals surface area contributed by atoms with Crippen LogP contribution in [0.25, 0.3) is 0 Å². The van der Waals surface area contributed by atoms with E-state index in [-0.39, 0.29) is 17.8 Å². The van der Waals surface area contributed by atoms with E-state index < -0.39 is 27.4 Å². The molecule has 0 aliphatic heterocycles. The summed E-state index contributed by atoms with van der Waals surface area (Å²) >= 11 is 1.37. The molecule has 9 heteroatoms. The van der Waals surface area contributed by atoms with Gasteiger partial charge >= 0.3 is 6.18 Å². The van der Waals surface area contributed by atoms with Gasteiger partial charge in [0.25, 0.3) is 10.1 Å². The molecule has 25 heavy (non-hydrogen) atoms. The first-order valence-electron chi connectivity index (χ1n) is 7.60. The van der Waals surface area contributed by atoms with Crippen LogP contribution in [-0.2, 0) is 26.0 Å². The third-order valence-electron chi connectivity index (χ3n) is 3.31. The van der Waals surface area contributed by atoms with E-state index in [2.05, 4.69) is 4.72 Å². The van der Waals surface area contributed by atoms with Crippen LogP contribution in [0.4, 0.5) is 13.2 Å². The van der Waals surface area contributed by atoms with Crippen molar-refractivity contribution >= 4 is 22.1 Å². The minimum Gasteiger partial charge on any atom is -0.270 e. The molecule has 0 saturated carbocycles. The lowest BCUT2D eigenvalue weighted by molar-refractivity contribution is -0.137. The van der Waals surface area contributed by atoms with Crippen LogP contribution >= 0.6 is 11.9 Å². The lowest BCUT2D eigenvalue weighted by atomic mass is 9.89. The van der Waals surface area contributed by atoms with Gasteiger partial charge in [0.15, 0.2) is 0 Å². The first-order valence-corrected chi connectivity index (χ1v) is 10.2. The molecule has 1 atom stereocenters. The summed E-state index contributed by atoms with van der Waals surface area (Å²) < 4.78 is 69.1. The Kier molecular flexibility index (Phi) is 7.00. The highest BCUT2D eigenvalue weighted by atomic mass is 32.2. The van der Waals surface area contributed by atoms with Crippen LogP contribution in [0.5, 0.6) is 0 Å². The van der Waals surface area contributed by atoms with Gasteiger partial charge in [-0.05, 0) is 51.8 Å². The van der Waals surface area contributed by atoms with Crippen molar-refractivity contribution in [3.63, 3.8) is 0 Å². The normalized spacial score (nSPS) is 15.8. The molecular weight excluding hydrogens is 375 g/mol. The second kappa shape index (κ2) is 7.85. The molecule has 0 bridgehead atoms. The largest absolute Gasteiger partial charge is 0.416 e. The van der Waals surface area contributed by atoms with Crippen LogP contribution in [0.2, 0.25) is 0 Å². The molecule has 0 amide bonds. The Labute approximate surface area is 151 Å². The molecule has 1 rings (SSSR count). The molecule has 0 fully saturated rings. The van der Waals surface area contributed by atoms with Crippen molar-refractivity contribution in [2.75, 3.05) is 12.9 Å². The molecule has 0 heterocycles. The number of halogens is 3. The van der Waals surface area contributed by atoms with Gasteiger partial charge in [-0.2, -0.15) is 21.6 Å². The maximum Gasteiger partial charge on any atom is 0.416 e. The van der Waals surface area contributed by atoms with E-state index >= 15 is 0 Å². The Balaban J connectivity index is 3.12. The van der Waals surface area contributed by atoms with E-state index in [4.69, 9.17) is 4.18 Å². The summed E-state index contributed by atoms with van der Waals surface area (Å²) in [6.07, 6.45) is -3.33. The fourth-order valence-electron chi connectivity index (χ4n) is 1.96. The van der Waals surface area contributed by atoms with Crippen molar-refractivity contribution in [2.24, 2.45) is 0 Å². The molecule has 1 N–H and O–H groups in total. The monoisotopic (exact) mass is 399 g/mol. The summed E-state index contributed by atoms with van der Waals surface area (Å²) in [7, 11) is -3.62. The summed E-state index contributed by atoms with van der Waals surface area (Å²) in [5.74, 6) is 0. The van der Waals surface area contributed by atoms with Crippen LogP contribution in [0, 0.1) is 0 Å². The Morgan fingerprint density at radius 1 is 1.12 bits per heavy atom. The standard InChI is InChI=1S/C16H24F3NO3S2/c1-14(2,3)24-20-15(4,9-10-23-25(5,21)22)12-7-6-8-13(11-12)16(17,18)19/h6-8,11,20H,9-10H2,1-5H3. The number of alkyl halides is 3. The number of rotatable bonds is 7. The average molecular weight is 400 g/mol. The van der Waals surface area contributed by atoms with Crippen molar-refractivity contribution < 1.29 is 25.8 Å². The van der Waals surface area contributed by atoms with Crippen molar-refractivity contribution in [3.05, 3.63) is 35.4 Å². The molecule has 144 valence electrons. The van der Waals surface area contributed by atoms with Crippen LogP contribution in [-0.4, -0.2) is 26.0 Å². The summed E-state index contributed by atoms with van der Waals surface area (Å²) in [4.78, 5) is 0. The van der Waals surface area contributed by atoms with E-state index in [9.17, 15) is 21.6 Å². The Bertz CT molecular complexity index is 685. The summed E-state index contributed by atoms with van der Waals surface area (Å²) in [5.41, 5.74) is -1.23. The van der Waals surface area contributed by atoms with Gasteiger partial charge in [0, 0.05) is 4.75 Å². The lowest BCUT2D eigenvalue weighted by Gasteiger charge is -2.34. The van der Waals surface area contributed by atoms with E-state index in [0.29, 0.717) is 5.56 Å². The highest BCUT2D eigenvalue weighted by Gasteiger charge is 2.34. The maximum atomic E-state index is 13.0. The molecule has 1 unspecified atom stereocenters. The predicted octanol–water partition coefficient (Wildman–Crippen LogP) is 4.32. The van der Waals surface area contributed by atoms with Crippen LogP contribution in [0.15, 0.2) is 24.3 Å².